The van der Waals surface area contributed by atoms with Gasteiger partial charge in [0.2, 0.25) is 5.91 Å². The van der Waals surface area contributed by atoms with E-state index in [0.717, 1.165) is 16.7 Å². The van der Waals surface area contributed by atoms with Gasteiger partial charge in [-0.25, -0.2) is 8.42 Å². The minimum atomic E-state index is -3.31. The molecule has 0 aliphatic carbocycles. The highest BCUT2D eigenvalue weighted by molar-refractivity contribution is 7.90. The van der Waals surface area contributed by atoms with Gasteiger partial charge in [-0.15, -0.1) is 12.4 Å². The van der Waals surface area contributed by atoms with E-state index in [0.29, 0.717) is 0 Å². The summed E-state index contributed by atoms with van der Waals surface area (Å²) < 4.78 is 23.6. The molecule has 0 saturated carbocycles. The Labute approximate surface area is 155 Å². The highest BCUT2D eigenvalue weighted by Crippen LogP contribution is 2.24. The van der Waals surface area contributed by atoms with Crippen LogP contribution in [-0.4, -0.2) is 34.2 Å². The number of nitrogens with one attached hydrogen (secondary N) is 2. The molecule has 0 aliphatic rings. The maximum Gasteiger partial charge on any atom is 0.234 e. The Bertz CT molecular complexity index is 820. The second kappa shape index (κ2) is 8.99. The molecule has 5 nitrogen and oxygen atoms in total. The summed E-state index contributed by atoms with van der Waals surface area (Å²) in [5.41, 5.74) is 2.74. The van der Waals surface area contributed by atoms with Gasteiger partial charge >= 0.3 is 0 Å². The fraction of sp³-hybridized carbons (Fsp3) is 0.278. The van der Waals surface area contributed by atoms with Crippen LogP contribution < -0.4 is 10.6 Å². The van der Waals surface area contributed by atoms with Crippen LogP contribution in [0.2, 0.25) is 0 Å². The van der Waals surface area contributed by atoms with E-state index in [-0.39, 0.29) is 29.8 Å². The van der Waals surface area contributed by atoms with Gasteiger partial charge in [-0.1, -0.05) is 42.0 Å². The van der Waals surface area contributed by atoms with Crippen molar-refractivity contribution in [2.45, 2.75) is 17.9 Å². The lowest BCUT2D eigenvalue weighted by Crippen LogP contribution is -2.35. The molecule has 136 valence electrons. The standard InChI is InChI=1S/C18H22N2O3S.ClH/c1-13-7-9-14(10-8-13)18(20-17(21)12-19-2)15-5-4-6-16(11-15)24(3,22)23;/h4-11,18-19H,12H2,1-3H3,(H,20,21);1H. The first-order valence-electron chi connectivity index (χ1n) is 7.62. The number of hydrogen-bond acceptors (Lipinski definition) is 4. The molecule has 2 aromatic rings. The van der Waals surface area contributed by atoms with Gasteiger partial charge in [0.05, 0.1) is 17.5 Å². The largest absolute Gasteiger partial charge is 0.344 e. The molecule has 1 atom stereocenters. The van der Waals surface area contributed by atoms with Crippen LogP contribution in [0.5, 0.6) is 0 Å². The molecule has 2 aromatic carbocycles. The van der Waals surface area contributed by atoms with Crippen LogP contribution in [0.15, 0.2) is 53.4 Å². The van der Waals surface area contributed by atoms with Gasteiger partial charge in [-0.3, -0.25) is 4.79 Å². The minimum Gasteiger partial charge on any atom is -0.344 e. The van der Waals surface area contributed by atoms with Crippen LogP contribution in [0, 0.1) is 6.92 Å². The predicted octanol–water partition coefficient (Wildman–Crippen LogP) is 2.25. The summed E-state index contributed by atoms with van der Waals surface area (Å²) >= 11 is 0. The van der Waals surface area contributed by atoms with Gasteiger partial charge in [0, 0.05) is 6.26 Å². The molecule has 0 heterocycles. The Morgan fingerprint density at radius 3 is 2.28 bits per heavy atom. The molecule has 2 N–H and O–H groups in total. The van der Waals surface area contributed by atoms with Gasteiger partial charge in [0.1, 0.15) is 0 Å². The van der Waals surface area contributed by atoms with Crippen LogP contribution in [0.1, 0.15) is 22.7 Å². The summed E-state index contributed by atoms with van der Waals surface area (Å²) in [5, 5.41) is 5.76. The van der Waals surface area contributed by atoms with Crippen LogP contribution in [0.3, 0.4) is 0 Å². The number of halogens is 1. The molecule has 2 rings (SSSR count). The zero-order valence-electron chi connectivity index (χ0n) is 14.4. The predicted molar refractivity (Wildman–Crippen MR) is 102 cm³/mol. The molecule has 0 saturated heterocycles. The van der Waals surface area contributed by atoms with Crippen LogP contribution >= 0.6 is 12.4 Å². The van der Waals surface area contributed by atoms with E-state index < -0.39 is 15.9 Å². The first-order valence-corrected chi connectivity index (χ1v) is 9.51. The summed E-state index contributed by atoms with van der Waals surface area (Å²) in [4.78, 5) is 12.3. The van der Waals surface area contributed by atoms with Crippen molar-refractivity contribution >= 4 is 28.2 Å². The molecule has 25 heavy (non-hydrogen) atoms. The van der Waals surface area contributed by atoms with E-state index in [1.54, 1.807) is 25.2 Å². The number of amides is 1. The number of carbonyl (C=O) groups excluding carboxylic acids is 1. The Kier molecular flexibility index (Phi) is 7.60. The number of hydrogen-bond donors (Lipinski definition) is 2. The summed E-state index contributed by atoms with van der Waals surface area (Å²) in [6, 6.07) is 14.1. The first kappa shape index (κ1) is 21.2. The van der Waals surface area contributed by atoms with Crippen molar-refractivity contribution in [3.8, 4) is 0 Å². The molecule has 1 amide bonds. The topological polar surface area (TPSA) is 75.3 Å². The molecule has 0 aliphatic heterocycles. The SMILES string of the molecule is CNCC(=O)NC(c1ccc(C)cc1)c1cccc(S(C)(=O)=O)c1.Cl. The molecule has 7 heteroatoms. The molecule has 0 spiro atoms. The molecule has 0 radical (unpaired) electrons. The third-order valence-corrected chi connectivity index (χ3v) is 4.78. The maximum absolute atomic E-state index is 12.1. The van der Waals surface area contributed by atoms with Crippen LogP contribution in [-0.2, 0) is 14.6 Å². The Balaban J connectivity index is 0.00000312. The molecule has 0 fully saturated rings. The van der Waals surface area contributed by atoms with Crippen LogP contribution in [0.25, 0.3) is 0 Å². The second-order valence-corrected chi connectivity index (χ2v) is 7.80. The van der Waals surface area contributed by atoms with Crippen molar-refractivity contribution in [1.82, 2.24) is 10.6 Å². The Hall–Kier alpha value is -1.89. The van der Waals surface area contributed by atoms with E-state index in [1.807, 2.05) is 37.3 Å². The van der Waals surface area contributed by atoms with Crippen molar-refractivity contribution in [2.75, 3.05) is 19.8 Å². The molecular weight excluding hydrogens is 360 g/mol. The molecule has 1 unspecified atom stereocenters. The maximum atomic E-state index is 12.1. The average Bonchev–Trinajstić information content (AvgIpc) is 2.53. The number of sulfone groups is 1. The zero-order chi connectivity index (χ0) is 17.7. The fourth-order valence-corrected chi connectivity index (χ4v) is 3.09. The highest BCUT2D eigenvalue weighted by Gasteiger charge is 2.18. The van der Waals surface area contributed by atoms with Crippen LogP contribution in [0.4, 0.5) is 0 Å². The van der Waals surface area contributed by atoms with Gasteiger partial charge < -0.3 is 10.6 Å². The third-order valence-electron chi connectivity index (χ3n) is 3.67. The number of benzene rings is 2. The van der Waals surface area contributed by atoms with E-state index in [1.165, 1.54) is 6.26 Å². The Morgan fingerprint density at radius 1 is 1.08 bits per heavy atom. The summed E-state index contributed by atoms with van der Waals surface area (Å²) in [6.45, 7) is 2.18. The lowest BCUT2D eigenvalue weighted by Gasteiger charge is -2.20. The molecular formula is C18H23ClN2O3S. The van der Waals surface area contributed by atoms with E-state index in [2.05, 4.69) is 10.6 Å². The number of aryl methyl sites for hydroxylation is 1. The minimum absolute atomic E-state index is 0. The van der Waals surface area contributed by atoms with E-state index in [9.17, 15) is 13.2 Å². The molecule has 0 bridgehead atoms. The van der Waals surface area contributed by atoms with Crippen molar-refractivity contribution in [3.05, 3.63) is 65.2 Å². The Morgan fingerprint density at radius 2 is 1.72 bits per heavy atom. The number of likely N-dealkylation sites (N-methyl/N-ethyl adjacent to an activating group) is 1. The lowest BCUT2D eigenvalue weighted by molar-refractivity contribution is -0.120. The van der Waals surface area contributed by atoms with Gasteiger partial charge in [0.25, 0.3) is 0 Å². The van der Waals surface area contributed by atoms with Crippen molar-refractivity contribution in [1.29, 1.82) is 0 Å². The van der Waals surface area contributed by atoms with Gasteiger partial charge in [-0.2, -0.15) is 0 Å². The van der Waals surface area contributed by atoms with Crippen molar-refractivity contribution in [3.63, 3.8) is 0 Å². The molecule has 0 aromatic heterocycles. The third kappa shape index (κ3) is 5.85. The van der Waals surface area contributed by atoms with Gasteiger partial charge in [0.15, 0.2) is 9.84 Å². The van der Waals surface area contributed by atoms with Crippen molar-refractivity contribution < 1.29 is 13.2 Å². The zero-order valence-corrected chi connectivity index (χ0v) is 16.1. The van der Waals surface area contributed by atoms with E-state index >= 15 is 0 Å². The summed E-state index contributed by atoms with van der Waals surface area (Å²) in [7, 11) is -1.61. The summed E-state index contributed by atoms with van der Waals surface area (Å²) in [6.07, 6.45) is 1.17. The van der Waals surface area contributed by atoms with Crippen molar-refractivity contribution in [2.24, 2.45) is 0 Å². The normalized spacial score (nSPS) is 12.1. The number of rotatable bonds is 6. The smallest absolute Gasteiger partial charge is 0.234 e. The number of carbonyl (C=O) groups is 1. The summed E-state index contributed by atoms with van der Waals surface area (Å²) in [5.74, 6) is -0.159. The van der Waals surface area contributed by atoms with E-state index in [4.69, 9.17) is 0 Å². The first-order chi connectivity index (χ1) is 11.3. The average molecular weight is 383 g/mol. The quantitative estimate of drug-likeness (QED) is 0.803. The van der Waals surface area contributed by atoms with Gasteiger partial charge in [-0.05, 0) is 37.2 Å². The lowest BCUT2D eigenvalue weighted by atomic mass is 9.97. The fourth-order valence-electron chi connectivity index (χ4n) is 2.42. The monoisotopic (exact) mass is 382 g/mol. The highest BCUT2D eigenvalue weighted by atomic mass is 35.5. The second-order valence-electron chi connectivity index (χ2n) is 5.79.